The predicted octanol–water partition coefficient (Wildman–Crippen LogP) is 3.12. The van der Waals surface area contributed by atoms with Crippen molar-refractivity contribution in [1.82, 2.24) is 0 Å². The Morgan fingerprint density at radius 1 is 1.33 bits per heavy atom. The molecule has 4 heteroatoms. The summed E-state index contributed by atoms with van der Waals surface area (Å²) >= 11 is 0. The van der Waals surface area contributed by atoms with Crippen molar-refractivity contribution < 1.29 is 14.3 Å². The molecule has 4 nitrogen and oxygen atoms in total. The Labute approximate surface area is 123 Å². The van der Waals surface area contributed by atoms with Crippen LogP contribution in [0.1, 0.15) is 36.5 Å². The minimum absolute atomic E-state index is 0.406. The van der Waals surface area contributed by atoms with E-state index in [4.69, 9.17) is 9.15 Å². The van der Waals surface area contributed by atoms with Crippen LogP contribution in [0, 0.1) is 11.3 Å². The summed E-state index contributed by atoms with van der Waals surface area (Å²) in [6.07, 6.45) is 0.184. The number of aryl methyl sites for hydroxylation is 1. The molecule has 0 amide bonds. The molecule has 0 fully saturated rings. The summed E-state index contributed by atoms with van der Waals surface area (Å²) < 4.78 is 11.2. The van der Waals surface area contributed by atoms with Crippen LogP contribution in [0.2, 0.25) is 0 Å². The summed E-state index contributed by atoms with van der Waals surface area (Å²) in [6, 6.07) is 13.3. The van der Waals surface area contributed by atoms with Crippen LogP contribution >= 0.6 is 0 Å². The third-order valence-corrected chi connectivity index (χ3v) is 4.09. The number of aliphatic hydroxyl groups is 1. The first-order valence-corrected chi connectivity index (χ1v) is 7.11. The molecule has 2 aromatic rings. The normalized spacial score (nSPS) is 22.0. The van der Waals surface area contributed by atoms with Crippen molar-refractivity contribution in [3.63, 3.8) is 0 Å². The van der Waals surface area contributed by atoms with Crippen LogP contribution in [0.25, 0.3) is 0 Å². The van der Waals surface area contributed by atoms with Gasteiger partial charge >= 0.3 is 0 Å². The van der Waals surface area contributed by atoms with Gasteiger partial charge in [-0.1, -0.05) is 25.1 Å². The molecule has 0 saturated carbocycles. The van der Waals surface area contributed by atoms with Gasteiger partial charge in [-0.2, -0.15) is 5.26 Å². The van der Waals surface area contributed by atoms with Gasteiger partial charge in [0.1, 0.15) is 28.8 Å². The van der Waals surface area contributed by atoms with E-state index in [1.807, 2.05) is 37.3 Å². The van der Waals surface area contributed by atoms with Gasteiger partial charge in [0.15, 0.2) is 0 Å². The zero-order valence-corrected chi connectivity index (χ0v) is 11.9. The van der Waals surface area contributed by atoms with Crippen LogP contribution < -0.4 is 4.74 Å². The van der Waals surface area contributed by atoms with Gasteiger partial charge in [0.25, 0.3) is 0 Å². The monoisotopic (exact) mass is 283 g/mol. The fourth-order valence-corrected chi connectivity index (χ4v) is 2.85. The lowest BCUT2D eigenvalue weighted by Crippen LogP contribution is -2.37. The second kappa shape index (κ2) is 5.27. The maximum atomic E-state index is 10.8. The van der Waals surface area contributed by atoms with Gasteiger partial charge in [-0.3, -0.25) is 0 Å². The highest BCUT2D eigenvalue weighted by Crippen LogP contribution is 2.46. The van der Waals surface area contributed by atoms with E-state index < -0.39 is 11.5 Å². The first-order valence-electron chi connectivity index (χ1n) is 7.11. The molecular weight excluding hydrogens is 266 g/mol. The van der Waals surface area contributed by atoms with Gasteiger partial charge in [-0.15, -0.1) is 0 Å². The fourth-order valence-electron chi connectivity index (χ4n) is 2.85. The number of benzene rings is 1. The molecule has 21 heavy (non-hydrogen) atoms. The highest BCUT2D eigenvalue weighted by Gasteiger charge is 2.46. The number of hydrogen-bond donors (Lipinski definition) is 1. The number of ether oxygens (including phenoxy) is 1. The van der Waals surface area contributed by atoms with Gasteiger partial charge < -0.3 is 14.3 Å². The number of nitrogens with zero attached hydrogens (tertiary/aromatic N) is 1. The van der Waals surface area contributed by atoms with Gasteiger partial charge in [0.05, 0.1) is 12.7 Å². The van der Waals surface area contributed by atoms with Crippen molar-refractivity contribution in [2.45, 2.75) is 31.3 Å². The van der Waals surface area contributed by atoms with Gasteiger partial charge in [0.2, 0.25) is 0 Å². The van der Waals surface area contributed by atoms with Crippen LogP contribution in [-0.2, 0) is 11.8 Å². The predicted molar refractivity (Wildman–Crippen MR) is 76.9 cm³/mol. The van der Waals surface area contributed by atoms with E-state index in [1.54, 1.807) is 6.07 Å². The number of furan rings is 1. The second-order valence-corrected chi connectivity index (χ2v) is 5.24. The van der Waals surface area contributed by atoms with Crippen molar-refractivity contribution in [1.29, 1.82) is 5.26 Å². The topological polar surface area (TPSA) is 66.4 Å². The van der Waals surface area contributed by atoms with Crippen molar-refractivity contribution in [3.8, 4) is 11.8 Å². The molecule has 0 spiro atoms. The minimum Gasteiger partial charge on any atom is -0.493 e. The SMILES string of the molecule is CCc1ccc(C(O)C2(C#N)CCOc3ccccc32)o1. The molecule has 0 bridgehead atoms. The smallest absolute Gasteiger partial charge is 0.135 e. The van der Waals surface area contributed by atoms with Crippen molar-refractivity contribution in [3.05, 3.63) is 53.5 Å². The lowest BCUT2D eigenvalue weighted by molar-refractivity contribution is 0.0619. The molecule has 1 aromatic carbocycles. The Balaban J connectivity index is 2.07. The van der Waals surface area contributed by atoms with Crippen molar-refractivity contribution in [2.75, 3.05) is 6.61 Å². The van der Waals surface area contributed by atoms with Crippen LogP contribution in [0.4, 0.5) is 0 Å². The first-order chi connectivity index (χ1) is 10.2. The maximum absolute atomic E-state index is 10.8. The van der Waals surface area contributed by atoms with Crippen molar-refractivity contribution in [2.24, 2.45) is 0 Å². The molecule has 1 aliphatic heterocycles. The summed E-state index contributed by atoms with van der Waals surface area (Å²) in [5.74, 6) is 1.90. The van der Waals surface area contributed by atoms with Crippen LogP contribution in [0.5, 0.6) is 5.75 Å². The quantitative estimate of drug-likeness (QED) is 0.939. The van der Waals surface area contributed by atoms with Crippen LogP contribution in [0.15, 0.2) is 40.8 Å². The zero-order chi connectivity index (χ0) is 14.9. The summed E-state index contributed by atoms with van der Waals surface area (Å²) in [6.45, 7) is 2.39. The lowest BCUT2D eigenvalue weighted by atomic mass is 9.72. The average Bonchev–Trinajstić information content (AvgIpc) is 3.02. The van der Waals surface area contributed by atoms with Gasteiger partial charge in [-0.05, 0) is 18.2 Å². The third-order valence-electron chi connectivity index (χ3n) is 4.09. The lowest BCUT2D eigenvalue weighted by Gasteiger charge is -2.35. The van der Waals surface area contributed by atoms with E-state index in [0.717, 1.165) is 17.7 Å². The number of aliphatic hydroxyl groups excluding tert-OH is 1. The molecule has 2 atom stereocenters. The van der Waals surface area contributed by atoms with E-state index in [0.29, 0.717) is 24.5 Å². The number of fused-ring (bicyclic) bond motifs is 1. The van der Waals surface area contributed by atoms with E-state index in [2.05, 4.69) is 6.07 Å². The number of rotatable bonds is 3. The third kappa shape index (κ3) is 2.10. The number of hydrogen-bond acceptors (Lipinski definition) is 4. The van der Waals surface area contributed by atoms with E-state index >= 15 is 0 Å². The summed E-state index contributed by atoms with van der Waals surface area (Å²) in [5.41, 5.74) is -0.307. The molecule has 0 saturated heterocycles. The molecule has 2 unspecified atom stereocenters. The number of para-hydroxylation sites is 1. The van der Waals surface area contributed by atoms with E-state index in [1.165, 1.54) is 0 Å². The largest absolute Gasteiger partial charge is 0.493 e. The fraction of sp³-hybridized carbons (Fsp3) is 0.353. The Hall–Kier alpha value is -2.25. The molecule has 3 rings (SSSR count). The second-order valence-electron chi connectivity index (χ2n) is 5.24. The summed E-state index contributed by atoms with van der Waals surface area (Å²) in [5, 5.41) is 20.6. The highest BCUT2D eigenvalue weighted by molar-refractivity contribution is 5.47. The molecule has 0 aliphatic carbocycles. The number of nitriles is 1. The maximum Gasteiger partial charge on any atom is 0.135 e. The molecule has 1 aromatic heterocycles. The van der Waals surface area contributed by atoms with Gasteiger partial charge in [-0.25, -0.2) is 0 Å². The molecule has 0 radical (unpaired) electrons. The molecule has 1 aliphatic rings. The van der Waals surface area contributed by atoms with Crippen LogP contribution in [0.3, 0.4) is 0 Å². The standard InChI is InChI=1S/C17H17NO3/c1-2-12-7-8-15(21-12)16(19)17(11-18)9-10-20-14-6-4-3-5-13(14)17/h3-8,16,19H,2,9-10H2,1H3. The molecule has 2 heterocycles. The molecule has 108 valence electrons. The Kier molecular flexibility index (Phi) is 3.44. The Morgan fingerprint density at radius 3 is 2.86 bits per heavy atom. The Morgan fingerprint density at radius 2 is 2.14 bits per heavy atom. The van der Waals surface area contributed by atoms with Gasteiger partial charge in [0, 0.05) is 18.4 Å². The Bertz CT molecular complexity index is 685. The highest BCUT2D eigenvalue weighted by atomic mass is 16.5. The van der Waals surface area contributed by atoms with Crippen molar-refractivity contribution >= 4 is 0 Å². The average molecular weight is 283 g/mol. The summed E-state index contributed by atoms with van der Waals surface area (Å²) in [7, 11) is 0. The van der Waals surface area contributed by atoms with E-state index in [-0.39, 0.29) is 0 Å². The van der Waals surface area contributed by atoms with Crippen LogP contribution in [-0.4, -0.2) is 11.7 Å². The van der Waals surface area contributed by atoms with E-state index in [9.17, 15) is 10.4 Å². The zero-order valence-electron chi connectivity index (χ0n) is 11.9. The molecule has 1 N–H and O–H groups in total. The summed E-state index contributed by atoms with van der Waals surface area (Å²) in [4.78, 5) is 0. The minimum atomic E-state index is -1.03. The first kappa shape index (κ1) is 13.7. The molecular formula is C17H17NO3.